The minimum atomic E-state index is -0.396. The van der Waals surface area contributed by atoms with Crippen molar-refractivity contribution < 1.29 is 9.53 Å². The minimum absolute atomic E-state index is 0.216. The Morgan fingerprint density at radius 2 is 1.82 bits per heavy atom. The van der Waals surface area contributed by atoms with Crippen molar-refractivity contribution in [2.45, 2.75) is 6.42 Å². The van der Waals surface area contributed by atoms with Gasteiger partial charge in [0, 0.05) is 46.8 Å². The Morgan fingerprint density at radius 1 is 1.09 bits per heavy atom. The van der Waals surface area contributed by atoms with Gasteiger partial charge in [0.05, 0.1) is 23.1 Å². The number of thiophene rings is 1. The third kappa shape index (κ3) is 4.67. The van der Waals surface area contributed by atoms with Crippen LogP contribution in [0.15, 0.2) is 39.9 Å². The zero-order chi connectivity index (χ0) is 23.5. The van der Waals surface area contributed by atoms with Gasteiger partial charge in [-0.05, 0) is 31.2 Å². The zero-order valence-electron chi connectivity index (χ0n) is 19.2. The van der Waals surface area contributed by atoms with Crippen LogP contribution in [0.1, 0.15) is 16.1 Å². The highest BCUT2D eigenvalue weighted by atomic mass is 32.1. The number of nitrogens with zero attached hydrogens (tertiary/aromatic N) is 4. The second kappa shape index (κ2) is 9.80. The Kier molecular flexibility index (Phi) is 6.85. The Balaban J connectivity index is 1.27. The zero-order valence-corrected chi connectivity index (χ0v) is 20.0. The topological polar surface area (TPSA) is 88.8 Å². The molecule has 0 aliphatic carbocycles. The van der Waals surface area contributed by atoms with Gasteiger partial charge in [-0.3, -0.25) is 23.6 Å². The first-order valence-electron chi connectivity index (χ1n) is 11.0. The number of aryl methyl sites for hydroxylation is 1. The summed E-state index contributed by atoms with van der Waals surface area (Å²) in [4.78, 5) is 42.7. The van der Waals surface area contributed by atoms with Gasteiger partial charge in [-0.15, -0.1) is 11.3 Å². The van der Waals surface area contributed by atoms with Crippen LogP contribution in [0.3, 0.4) is 0 Å². The SMILES string of the molecule is COc1ccccc1N1CCN(CCCNC(=O)c2cc3c(=O)n(C)c(=O)n(C)c3s2)CC1. The molecule has 1 saturated heterocycles. The monoisotopic (exact) mass is 471 g/mol. The number of fused-ring (bicyclic) bond motifs is 1. The first-order valence-corrected chi connectivity index (χ1v) is 11.8. The maximum absolute atomic E-state index is 12.6. The van der Waals surface area contributed by atoms with Crippen molar-refractivity contribution >= 4 is 33.1 Å². The largest absolute Gasteiger partial charge is 0.495 e. The van der Waals surface area contributed by atoms with E-state index in [1.54, 1.807) is 20.2 Å². The lowest BCUT2D eigenvalue weighted by molar-refractivity contribution is 0.0955. The number of carbonyl (C=O) groups is 1. The van der Waals surface area contributed by atoms with Crippen molar-refractivity contribution in [3.63, 3.8) is 0 Å². The second-order valence-corrected chi connectivity index (χ2v) is 9.18. The highest BCUT2D eigenvalue weighted by molar-refractivity contribution is 7.20. The van der Waals surface area contributed by atoms with Crippen molar-refractivity contribution in [2.24, 2.45) is 14.1 Å². The molecule has 1 aliphatic heterocycles. The molecule has 0 unspecified atom stereocenters. The van der Waals surface area contributed by atoms with Crippen LogP contribution < -0.4 is 26.2 Å². The lowest BCUT2D eigenvalue weighted by Gasteiger charge is -2.36. The van der Waals surface area contributed by atoms with Crippen LogP contribution in [-0.4, -0.2) is 66.3 Å². The molecule has 1 N–H and O–H groups in total. The predicted octanol–water partition coefficient (Wildman–Crippen LogP) is 1.25. The van der Waals surface area contributed by atoms with Gasteiger partial charge in [-0.25, -0.2) is 4.79 Å². The van der Waals surface area contributed by atoms with E-state index in [-0.39, 0.29) is 11.5 Å². The third-order valence-corrected chi connectivity index (χ3v) is 7.29. The molecular formula is C23H29N5O4S. The number of aromatic nitrogens is 2. The number of hydrogen-bond acceptors (Lipinski definition) is 7. The van der Waals surface area contributed by atoms with E-state index in [0.717, 1.165) is 55.1 Å². The molecule has 0 atom stereocenters. The molecule has 1 fully saturated rings. The van der Waals surface area contributed by atoms with Crippen LogP contribution in [0.4, 0.5) is 5.69 Å². The predicted molar refractivity (Wildman–Crippen MR) is 131 cm³/mol. The van der Waals surface area contributed by atoms with Gasteiger partial charge < -0.3 is 15.0 Å². The molecule has 3 heterocycles. The Bertz CT molecular complexity index is 1270. The molecule has 3 aromatic rings. The molecular weight excluding hydrogens is 442 g/mol. The van der Waals surface area contributed by atoms with Crippen molar-refractivity contribution in [3.8, 4) is 5.75 Å². The fourth-order valence-corrected chi connectivity index (χ4v) is 5.19. The summed E-state index contributed by atoms with van der Waals surface area (Å²) in [6.45, 7) is 5.24. The lowest BCUT2D eigenvalue weighted by atomic mass is 10.2. The average Bonchev–Trinajstić information content (AvgIpc) is 3.30. The first-order chi connectivity index (χ1) is 15.9. The smallest absolute Gasteiger partial charge is 0.331 e. The maximum atomic E-state index is 12.6. The molecule has 0 saturated carbocycles. The van der Waals surface area contributed by atoms with Crippen LogP contribution in [0, 0.1) is 0 Å². The number of methoxy groups -OCH3 is 1. The summed E-state index contributed by atoms with van der Waals surface area (Å²) < 4.78 is 7.94. The summed E-state index contributed by atoms with van der Waals surface area (Å²) in [5.41, 5.74) is 0.352. The van der Waals surface area contributed by atoms with E-state index in [1.807, 2.05) is 18.2 Å². The number of rotatable bonds is 7. The summed E-state index contributed by atoms with van der Waals surface area (Å²) in [5.74, 6) is 0.680. The molecule has 0 bridgehead atoms. The second-order valence-electron chi connectivity index (χ2n) is 8.15. The molecule has 1 amide bonds. The number of anilines is 1. The van der Waals surface area contributed by atoms with Crippen molar-refractivity contribution in [3.05, 3.63) is 56.0 Å². The number of ether oxygens (including phenoxy) is 1. The van der Waals surface area contributed by atoms with Crippen LogP contribution in [0.5, 0.6) is 5.75 Å². The van der Waals surface area contributed by atoms with Gasteiger partial charge in [-0.1, -0.05) is 12.1 Å². The number of nitrogens with one attached hydrogen (secondary N) is 1. The number of amides is 1. The van der Waals surface area contributed by atoms with Crippen molar-refractivity contribution in [1.29, 1.82) is 0 Å². The quantitative estimate of drug-likeness (QED) is 0.522. The van der Waals surface area contributed by atoms with Gasteiger partial charge >= 0.3 is 5.69 Å². The van der Waals surface area contributed by atoms with E-state index < -0.39 is 5.69 Å². The average molecular weight is 472 g/mol. The molecule has 0 radical (unpaired) electrons. The fourth-order valence-electron chi connectivity index (χ4n) is 4.17. The lowest BCUT2D eigenvalue weighted by Crippen LogP contribution is -2.47. The van der Waals surface area contributed by atoms with Crippen LogP contribution >= 0.6 is 11.3 Å². The van der Waals surface area contributed by atoms with E-state index in [2.05, 4.69) is 21.2 Å². The first kappa shape index (κ1) is 23.1. The summed E-state index contributed by atoms with van der Waals surface area (Å²) in [6.07, 6.45) is 0.839. The highest BCUT2D eigenvalue weighted by Gasteiger charge is 2.20. The Labute approximate surface area is 195 Å². The van der Waals surface area contributed by atoms with Gasteiger partial charge in [0.1, 0.15) is 10.6 Å². The number of para-hydroxylation sites is 2. The molecule has 9 nitrogen and oxygen atoms in total. The molecule has 176 valence electrons. The number of hydrogen-bond donors (Lipinski definition) is 1. The molecule has 10 heteroatoms. The van der Waals surface area contributed by atoms with Crippen LogP contribution in [0.25, 0.3) is 10.2 Å². The summed E-state index contributed by atoms with van der Waals surface area (Å²) in [7, 11) is 4.75. The number of carbonyl (C=O) groups excluding carboxylic acids is 1. The molecule has 0 spiro atoms. The molecule has 2 aromatic heterocycles. The molecule has 4 rings (SSSR count). The highest BCUT2D eigenvalue weighted by Crippen LogP contribution is 2.28. The summed E-state index contributed by atoms with van der Waals surface area (Å²) >= 11 is 1.17. The van der Waals surface area contributed by atoms with E-state index in [9.17, 15) is 14.4 Å². The summed E-state index contributed by atoms with van der Waals surface area (Å²) in [5, 5.41) is 3.33. The van der Waals surface area contributed by atoms with Crippen molar-refractivity contribution in [1.82, 2.24) is 19.4 Å². The standard InChI is InChI=1S/C23H29N5O4S/c1-25-21(30)16-15-19(33-22(16)26(2)23(25)31)20(29)24-9-6-10-27-11-13-28(14-12-27)17-7-4-5-8-18(17)32-3/h4-5,7-8,15H,6,9-14H2,1-3H3,(H,24,29). The van der Waals surface area contributed by atoms with Gasteiger partial charge in [0.25, 0.3) is 11.5 Å². The van der Waals surface area contributed by atoms with Gasteiger partial charge in [0.15, 0.2) is 0 Å². The van der Waals surface area contributed by atoms with Crippen LogP contribution in [0.2, 0.25) is 0 Å². The normalized spacial score (nSPS) is 14.6. The van der Waals surface area contributed by atoms with Crippen LogP contribution in [-0.2, 0) is 14.1 Å². The van der Waals surface area contributed by atoms with Gasteiger partial charge in [-0.2, -0.15) is 0 Å². The molecule has 1 aromatic carbocycles. The van der Waals surface area contributed by atoms with Crippen molar-refractivity contribution in [2.75, 3.05) is 51.3 Å². The fraction of sp³-hybridized carbons (Fsp3) is 0.435. The third-order valence-electron chi connectivity index (χ3n) is 6.08. The Morgan fingerprint density at radius 3 is 2.55 bits per heavy atom. The number of piperazine rings is 1. The minimum Gasteiger partial charge on any atom is -0.495 e. The Hall–Kier alpha value is -3.11. The number of benzene rings is 1. The van der Waals surface area contributed by atoms with E-state index in [0.29, 0.717) is 21.6 Å². The molecule has 33 heavy (non-hydrogen) atoms. The molecule has 1 aliphatic rings. The summed E-state index contributed by atoms with van der Waals surface area (Å²) in [6, 6.07) is 9.66. The van der Waals surface area contributed by atoms with E-state index in [1.165, 1.54) is 23.0 Å². The van der Waals surface area contributed by atoms with Gasteiger partial charge in [0.2, 0.25) is 0 Å². The van der Waals surface area contributed by atoms with E-state index >= 15 is 0 Å². The maximum Gasteiger partial charge on any atom is 0.331 e. The van der Waals surface area contributed by atoms with E-state index in [4.69, 9.17) is 4.74 Å².